The third-order valence-corrected chi connectivity index (χ3v) is 7.44. The van der Waals surface area contributed by atoms with Crippen LogP contribution in [0.2, 0.25) is 0 Å². The molecule has 2 aromatic heterocycles. The van der Waals surface area contributed by atoms with Crippen LogP contribution in [0.3, 0.4) is 0 Å². The van der Waals surface area contributed by atoms with Crippen LogP contribution < -0.4 is 21.1 Å². The van der Waals surface area contributed by atoms with Crippen molar-refractivity contribution in [2.75, 3.05) is 49.7 Å². The minimum absolute atomic E-state index is 0.0199. The lowest BCUT2D eigenvalue weighted by atomic mass is 9.97. The maximum Gasteiger partial charge on any atom is 0.413 e. The van der Waals surface area contributed by atoms with E-state index in [-0.39, 0.29) is 29.8 Å². The number of nitrogens with two attached hydrogens (primary N) is 1. The molecule has 2 bridgehead atoms. The second-order valence-electron chi connectivity index (χ2n) is 9.87. The Kier molecular flexibility index (Phi) is 5.96. The zero-order valence-electron chi connectivity index (χ0n) is 20.7. The molecule has 1 aromatic carbocycles. The van der Waals surface area contributed by atoms with Crippen LogP contribution in [0, 0.1) is 12.7 Å². The molecule has 10 nitrogen and oxygen atoms in total. The van der Waals surface area contributed by atoms with Gasteiger partial charge in [-0.05, 0) is 37.1 Å². The molecule has 3 aromatic rings. The van der Waals surface area contributed by atoms with E-state index in [4.69, 9.17) is 19.9 Å². The summed E-state index contributed by atoms with van der Waals surface area (Å²) in [5.41, 5.74) is 8.61. The molecule has 3 atom stereocenters. The number of amides is 1. The number of aromatic nitrogens is 2. The van der Waals surface area contributed by atoms with Crippen molar-refractivity contribution in [2.45, 2.75) is 38.0 Å². The molecule has 3 fully saturated rings. The lowest BCUT2D eigenvalue weighted by Crippen LogP contribution is -2.44. The molecule has 0 radical (unpaired) electrons. The fraction of sp³-hybridized carbons (Fsp3) is 0.423. The number of hydrogen-bond donors (Lipinski definition) is 3. The van der Waals surface area contributed by atoms with E-state index in [1.165, 1.54) is 6.20 Å². The van der Waals surface area contributed by atoms with E-state index in [0.717, 1.165) is 24.2 Å². The van der Waals surface area contributed by atoms with E-state index in [0.29, 0.717) is 54.0 Å². The zero-order valence-corrected chi connectivity index (χ0v) is 20.7. The quantitative estimate of drug-likeness (QED) is 0.456. The molecule has 194 valence electrons. The molecular weight excluding hydrogens is 479 g/mol. The molecule has 3 unspecified atom stereocenters. The molecule has 4 N–H and O–H groups in total. The largest absolute Gasteiger partial charge is 0.474 e. The SMILES string of the molecule is Cc1c(-c2cc3cc(NC(=O)OC4CC5CN(C)C(CO5)C4)ncc3c(N)c2F)cnc2c1NCCO2. The summed E-state index contributed by atoms with van der Waals surface area (Å²) in [7, 11) is 2.07. The van der Waals surface area contributed by atoms with Crippen LogP contribution in [0.15, 0.2) is 24.5 Å². The second kappa shape index (κ2) is 9.31. The number of nitrogens with one attached hydrogen (secondary N) is 2. The van der Waals surface area contributed by atoms with E-state index in [1.807, 2.05) is 6.92 Å². The molecule has 11 heteroatoms. The number of benzene rings is 1. The summed E-state index contributed by atoms with van der Waals surface area (Å²) < 4.78 is 32.5. The molecule has 4 aliphatic rings. The standard InChI is InChI=1S/C26H29FN6O4/c1-13-19(9-31-25-24(13)29-3-4-35-25)18-5-14-6-21(30-10-20(14)23(28)22(18)27)32-26(34)37-16-7-15-12-36-17(8-16)11-33(15)2/h5-6,9-10,15-17,29H,3-4,7-8,11-12,28H2,1-2H3,(H,30,32,34). The van der Waals surface area contributed by atoms with Gasteiger partial charge in [0, 0.05) is 60.9 Å². The first-order valence-corrected chi connectivity index (χ1v) is 12.4. The summed E-state index contributed by atoms with van der Waals surface area (Å²) in [5.74, 6) is 0.233. The number of nitrogen functional groups attached to an aromatic ring is 1. The van der Waals surface area contributed by atoms with Crippen LogP contribution in [0.5, 0.6) is 5.88 Å². The monoisotopic (exact) mass is 508 g/mol. The molecular formula is C26H29FN6O4. The molecule has 4 aliphatic heterocycles. The Morgan fingerprint density at radius 1 is 1.27 bits per heavy atom. The summed E-state index contributed by atoms with van der Waals surface area (Å²) in [6, 6.07) is 3.58. The van der Waals surface area contributed by atoms with Crippen LogP contribution in [0.25, 0.3) is 21.9 Å². The van der Waals surface area contributed by atoms with Crippen LogP contribution >= 0.6 is 0 Å². The van der Waals surface area contributed by atoms with Crippen molar-refractivity contribution < 1.29 is 23.4 Å². The van der Waals surface area contributed by atoms with E-state index in [9.17, 15) is 4.79 Å². The van der Waals surface area contributed by atoms with Gasteiger partial charge >= 0.3 is 6.09 Å². The molecule has 0 aliphatic carbocycles. The maximum atomic E-state index is 15.4. The number of nitrogens with zero attached hydrogens (tertiary/aromatic N) is 3. The van der Waals surface area contributed by atoms with Gasteiger partial charge in [-0.15, -0.1) is 0 Å². The number of halogens is 1. The van der Waals surface area contributed by atoms with Crippen molar-refractivity contribution in [3.05, 3.63) is 35.9 Å². The number of anilines is 3. The number of rotatable bonds is 3. The number of pyridine rings is 2. The van der Waals surface area contributed by atoms with Crippen molar-refractivity contribution in [1.82, 2.24) is 14.9 Å². The van der Waals surface area contributed by atoms with Crippen molar-refractivity contribution in [2.24, 2.45) is 0 Å². The van der Waals surface area contributed by atoms with Gasteiger partial charge in [0.15, 0.2) is 5.82 Å². The van der Waals surface area contributed by atoms with Gasteiger partial charge < -0.3 is 25.3 Å². The highest BCUT2D eigenvalue weighted by Crippen LogP contribution is 2.39. The predicted octanol–water partition coefficient (Wildman–Crippen LogP) is 3.54. The highest BCUT2D eigenvalue weighted by molar-refractivity contribution is 5.99. The molecule has 37 heavy (non-hydrogen) atoms. The van der Waals surface area contributed by atoms with Crippen molar-refractivity contribution in [3.8, 4) is 17.0 Å². The van der Waals surface area contributed by atoms with Crippen LogP contribution in [-0.2, 0) is 9.47 Å². The number of likely N-dealkylation sites (N-methyl/N-ethyl adjacent to an activating group) is 1. The van der Waals surface area contributed by atoms with E-state index >= 15 is 4.39 Å². The number of fused-ring (bicyclic) bond motifs is 6. The van der Waals surface area contributed by atoms with E-state index < -0.39 is 11.9 Å². The first-order valence-electron chi connectivity index (χ1n) is 12.4. The Labute approximate surface area is 213 Å². The topological polar surface area (TPSA) is 124 Å². The molecule has 0 spiro atoms. The fourth-order valence-corrected chi connectivity index (χ4v) is 5.42. The van der Waals surface area contributed by atoms with Gasteiger partial charge in [-0.25, -0.2) is 19.2 Å². The Bertz CT molecular complexity index is 1390. The predicted molar refractivity (Wildman–Crippen MR) is 137 cm³/mol. The molecule has 7 rings (SSSR count). The summed E-state index contributed by atoms with van der Waals surface area (Å²) >= 11 is 0. The lowest BCUT2D eigenvalue weighted by Gasteiger charge is -2.33. The third kappa shape index (κ3) is 4.38. The third-order valence-electron chi connectivity index (χ3n) is 7.44. The summed E-state index contributed by atoms with van der Waals surface area (Å²) in [6.07, 6.45) is 3.65. The number of ether oxygens (including phenoxy) is 3. The van der Waals surface area contributed by atoms with Gasteiger partial charge in [-0.1, -0.05) is 0 Å². The van der Waals surface area contributed by atoms with Crippen LogP contribution in [-0.4, -0.2) is 72.6 Å². The van der Waals surface area contributed by atoms with Gasteiger partial charge in [0.1, 0.15) is 24.2 Å². The zero-order chi connectivity index (χ0) is 25.7. The van der Waals surface area contributed by atoms with Gasteiger partial charge in [0.05, 0.1) is 18.4 Å². The summed E-state index contributed by atoms with van der Waals surface area (Å²) in [5, 5.41) is 7.06. The Morgan fingerprint density at radius 2 is 2.14 bits per heavy atom. The highest BCUT2D eigenvalue weighted by atomic mass is 19.1. The highest BCUT2D eigenvalue weighted by Gasteiger charge is 2.36. The minimum atomic E-state index is -0.586. The number of carbonyl (C=O) groups is 1. The van der Waals surface area contributed by atoms with E-state index in [2.05, 4.69) is 32.5 Å². The summed E-state index contributed by atoms with van der Waals surface area (Å²) in [4.78, 5) is 23.6. The number of morpholine rings is 1. The first-order chi connectivity index (χ1) is 17.9. The van der Waals surface area contributed by atoms with Crippen molar-refractivity contribution >= 4 is 34.1 Å². The van der Waals surface area contributed by atoms with Crippen LogP contribution in [0.1, 0.15) is 18.4 Å². The minimum Gasteiger partial charge on any atom is -0.474 e. The average molecular weight is 509 g/mol. The average Bonchev–Trinajstić information content (AvgIpc) is 3.16. The first kappa shape index (κ1) is 23.7. The lowest BCUT2D eigenvalue weighted by molar-refractivity contribution is -0.0405. The number of carbonyl (C=O) groups excluding carboxylic acids is 1. The Balaban J connectivity index is 1.26. The van der Waals surface area contributed by atoms with Crippen molar-refractivity contribution in [3.63, 3.8) is 0 Å². The van der Waals surface area contributed by atoms with Gasteiger partial charge in [-0.3, -0.25) is 10.2 Å². The maximum absolute atomic E-state index is 15.4. The summed E-state index contributed by atoms with van der Waals surface area (Å²) in [6.45, 7) is 4.53. The van der Waals surface area contributed by atoms with Gasteiger partial charge in [0.2, 0.25) is 5.88 Å². The van der Waals surface area contributed by atoms with E-state index in [1.54, 1.807) is 18.3 Å². The molecule has 6 heterocycles. The Hall–Kier alpha value is -3.70. The fourth-order valence-electron chi connectivity index (χ4n) is 5.42. The molecule has 1 amide bonds. The van der Waals surface area contributed by atoms with Crippen molar-refractivity contribution in [1.29, 1.82) is 0 Å². The van der Waals surface area contributed by atoms with Gasteiger partial charge in [0.25, 0.3) is 0 Å². The smallest absolute Gasteiger partial charge is 0.413 e. The number of hydrogen-bond acceptors (Lipinski definition) is 9. The van der Waals surface area contributed by atoms with Gasteiger partial charge in [-0.2, -0.15) is 0 Å². The Morgan fingerprint density at radius 3 is 2.97 bits per heavy atom. The molecule has 3 saturated heterocycles. The van der Waals surface area contributed by atoms with Crippen LogP contribution in [0.4, 0.5) is 26.4 Å². The molecule has 0 saturated carbocycles. The normalized spacial score (nSPS) is 23.1. The second-order valence-corrected chi connectivity index (χ2v) is 9.87.